The number of aromatic nitrogens is 3. The third-order valence-electron chi connectivity index (χ3n) is 5.92. The Hall–Kier alpha value is -4.03. The van der Waals surface area contributed by atoms with E-state index in [2.05, 4.69) is 25.2 Å². The van der Waals surface area contributed by atoms with E-state index in [4.69, 9.17) is 14.7 Å². The molecule has 3 aromatic rings. The van der Waals surface area contributed by atoms with Crippen LogP contribution in [0.4, 0.5) is 0 Å². The van der Waals surface area contributed by atoms with Crippen molar-refractivity contribution in [1.82, 2.24) is 25.2 Å². The summed E-state index contributed by atoms with van der Waals surface area (Å²) in [6.45, 7) is 9.33. The van der Waals surface area contributed by atoms with Crippen LogP contribution < -0.4 is 14.8 Å². The number of likely N-dealkylation sites (tertiary alicyclic amines) is 1. The van der Waals surface area contributed by atoms with Gasteiger partial charge in [-0.05, 0) is 57.4 Å². The highest BCUT2D eigenvalue weighted by Gasteiger charge is 2.32. The van der Waals surface area contributed by atoms with Crippen LogP contribution in [0.2, 0.25) is 0 Å². The molecule has 1 unspecified atom stereocenters. The number of ether oxygens (including phenoxy) is 2. The van der Waals surface area contributed by atoms with Gasteiger partial charge in [0, 0.05) is 49.9 Å². The van der Waals surface area contributed by atoms with Gasteiger partial charge in [0.2, 0.25) is 11.8 Å². The fraction of sp³-hybridized carbons (Fsp3) is 0.393. The molecule has 0 radical (unpaired) electrons. The molecule has 1 N–H and O–H groups in total. The SMILES string of the molecule is CC(C)Oc1ccc(C(c2ccc(OC(C)C)nc2)N2CCC(NC(=O)c3ccc(C#N)nc3)C2)cn1. The Labute approximate surface area is 217 Å². The first-order chi connectivity index (χ1) is 17.8. The Kier molecular flexibility index (Phi) is 8.31. The van der Waals surface area contributed by atoms with Crippen molar-refractivity contribution < 1.29 is 14.3 Å². The Morgan fingerprint density at radius 2 is 1.57 bits per heavy atom. The number of nitrogens with one attached hydrogen (secondary N) is 1. The minimum atomic E-state index is -0.200. The number of pyridine rings is 3. The zero-order valence-corrected chi connectivity index (χ0v) is 21.6. The second-order valence-electron chi connectivity index (χ2n) is 9.59. The van der Waals surface area contributed by atoms with E-state index in [1.807, 2.05) is 70.4 Å². The van der Waals surface area contributed by atoms with E-state index in [1.54, 1.807) is 12.1 Å². The standard InChI is InChI=1S/C28H32N6O3/c1-18(2)36-25-9-6-20(14-31-25)27(21-7-10-26(32-15-21)37-19(3)4)34-12-11-24(17-34)33-28(35)22-5-8-23(13-29)30-16-22/h5-10,14-16,18-19,24,27H,11-12,17H2,1-4H3,(H,33,35). The molecule has 9 heteroatoms. The van der Waals surface area contributed by atoms with Gasteiger partial charge in [0.05, 0.1) is 23.8 Å². The fourth-order valence-electron chi connectivity index (χ4n) is 4.35. The largest absolute Gasteiger partial charge is 0.475 e. The van der Waals surface area contributed by atoms with Gasteiger partial charge in [-0.25, -0.2) is 15.0 Å². The van der Waals surface area contributed by atoms with Gasteiger partial charge in [0.15, 0.2) is 0 Å². The molecule has 1 aliphatic rings. The van der Waals surface area contributed by atoms with Crippen molar-refractivity contribution in [1.29, 1.82) is 5.26 Å². The van der Waals surface area contributed by atoms with E-state index in [0.29, 0.717) is 23.9 Å². The summed E-state index contributed by atoms with van der Waals surface area (Å²) in [6.07, 6.45) is 6.00. The van der Waals surface area contributed by atoms with Crippen LogP contribution in [0.25, 0.3) is 0 Å². The highest BCUT2D eigenvalue weighted by molar-refractivity contribution is 5.94. The fourth-order valence-corrected chi connectivity index (χ4v) is 4.35. The molecule has 1 aliphatic heterocycles. The monoisotopic (exact) mass is 500 g/mol. The van der Waals surface area contributed by atoms with Gasteiger partial charge in [-0.3, -0.25) is 9.69 Å². The van der Waals surface area contributed by atoms with Crippen LogP contribution in [-0.2, 0) is 0 Å². The summed E-state index contributed by atoms with van der Waals surface area (Å²) >= 11 is 0. The summed E-state index contributed by atoms with van der Waals surface area (Å²) in [7, 11) is 0. The lowest BCUT2D eigenvalue weighted by Crippen LogP contribution is -2.38. The van der Waals surface area contributed by atoms with E-state index in [0.717, 1.165) is 24.1 Å². The van der Waals surface area contributed by atoms with E-state index in [-0.39, 0.29) is 35.9 Å². The molecule has 1 saturated heterocycles. The maximum Gasteiger partial charge on any atom is 0.253 e. The molecule has 0 aromatic carbocycles. The molecule has 9 nitrogen and oxygen atoms in total. The number of carbonyl (C=O) groups is 1. The molecule has 1 fully saturated rings. The highest BCUT2D eigenvalue weighted by atomic mass is 16.5. The first kappa shape index (κ1) is 26.0. The summed E-state index contributed by atoms with van der Waals surface area (Å²) in [5.41, 5.74) is 2.74. The molecule has 192 valence electrons. The molecule has 1 atom stereocenters. The number of rotatable bonds is 9. The van der Waals surface area contributed by atoms with Crippen LogP contribution in [-0.4, -0.2) is 57.1 Å². The van der Waals surface area contributed by atoms with Gasteiger partial charge in [0.25, 0.3) is 5.91 Å². The van der Waals surface area contributed by atoms with E-state index in [1.165, 1.54) is 6.20 Å². The van der Waals surface area contributed by atoms with Crippen LogP contribution in [0, 0.1) is 11.3 Å². The number of carbonyl (C=O) groups excluding carboxylic acids is 1. The van der Waals surface area contributed by atoms with Gasteiger partial charge in [-0.1, -0.05) is 12.1 Å². The molecule has 0 aliphatic carbocycles. The third kappa shape index (κ3) is 6.80. The average Bonchev–Trinajstić information content (AvgIpc) is 3.33. The van der Waals surface area contributed by atoms with Crippen LogP contribution in [0.1, 0.15) is 67.3 Å². The molecule has 37 heavy (non-hydrogen) atoms. The van der Waals surface area contributed by atoms with Gasteiger partial charge < -0.3 is 14.8 Å². The van der Waals surface area contributed by atoms with Crippen LogP contribution >= 0.6 is 0 Å². The quantitative estimate of drug-likeness (QED) is 0.470. The number of hydrogen-bond acceptors (Lipinski definition) is 8. The molecule has 0 saturated carbocycles. The molecule has 0 bridgehead atoms. The minimum absolute atomic E-state index is 0.0290. The van der Waals surface area contributed by atoms with Gasteiger partial charge >= 0.3 is 0 Å². The van der Waals surface area contributed by atoms with Crippen LogP contribution in [0.15, 0.2) is 55.0 Å². The predicted molar refractivity (Wildman–Crippen MR) is 138 cm³/mol. The maximum absolute atomic E-state index is 12.8. The van der Waals surface area contributed by atoms with Gasteiger partial charge in [0.1, 0.15) is 11.8 Å². The minimum Gasteiger partial charge on any atom is -0.475 e. The molecule has 4 heterocycles. The van der Waals surface area contributed by atoms with Crippen molar-refractivity contribution >= 4 is 5.91 Å². The Bertz CT molecular complexity index is 1170. The Morgan fingerprint density at radius 3 is 2.03 bits per heavy atom. The molecule has 3 aromatic heterocycles. The summed E-state index contributed by atoms with van der Waals surface area (Å²) in [5.74, 6) is 0.965. The summed E-state index contributed by atoms with van der Waals surface area (Å²) in [6, 6.07) is 12.8. The normalized spacial score (nSPS) is 15.7. The Morgan fingerprint density at radius 1 is 0.946 bits per heavy atom. The second kappa shape index (κ2) is 11.8. The summed E-state index contributed by atoms with van der Waals surface area (Å²) in [5, 5.41) is 12.0. The average molecular weight is 501 g/mol. The van der Waals surface area contributed by atoms with Gasteiger partial charge in [-0.2, -0.15) is 5.26 Å². The van der Waals surface area contributed by atoms with E-state index >= 15 is 0 Å². The van der Waals surface area contributed by atoms with E-state index in [9.17, 15) is 4.79 Å². The number of hydrogen-bond donors (Lipinski definition) is 1. The number of amides is 1. The predicted octanol–water partition coefficient (Wildman–Crippen LogP) is 3.91. The van der Waals surface area contributed by atoms with Crippen molar-refractivity contribution in [3.63, 3.8) is 0 Å². The van der Waals surface area contributed by atoms with Crippen LogP contribution in [0.3, 0.4) is 0 Å². The van der Waals surface area contributed by atoms with Crippen LogP contribution in [0.5, 0.6) is 11.8 Å². The first-order valence-corrected chi connectivity index (χ1v) is 12.5. The van der Waals surface area contributed by atoms with Crippen molar-refractivity contribution in [3.8, 4) is 17.8 Å². The molecule has 1 amide bonds. The first-order valence-electron chi connectivity index (χ1n) is 12.5. The topological polar surface area (TPSA) is 113 Å². The van der Waals surface area contributed by atoms with Crippen molar-refractivity contribution in [3.05, 3.63) is 77.4 Å². The number of nitriles is 1. The smallest absolute Gasteiger partial charge is 0.253 e. The molecule has 4 rings (SSSR count). The lowest BCUT2D eigenvalue weighted by Gasteiger charge is -2.29. The second-order valence-corrected chi connectivity index (χ2v) is 9.59. The summed E-state index contributed by atoms with van der Waals surface area (Å²) in [4.78, 5) is 28.1. The third-order valence-corrected chi connectivity index (χ3v) is 5.92. The van der Waals surface area contributed by atoms with E-state index < -0.39 is 0 Å². The number of nitrogens with zero attached hydrogens (tertiary/aromatic N) is 5. The van der Waals surface area contributed by atoms with Crippen molar-refractivity contribution in [2.24, 2.45) is 0 Å². The zero-order valence-electron chi connectivity index (χ0n) is 21.6. The van der Waals surface area contributed by atoms with Gasteiger partial charge in [-0.15, -0.1) is 0 Å². The highest BCUT2D eigenvalue weighted by Crippen LogP contribution is 2.32. The molecule has 0 spiro atoms. The zero-order chi connectivity index (χ0) is 26.4. The lowest BCUT2D eigenvalue weighted by atomic mass is 10.0. The Balaban J connectivity index is 1.52. The maximum atomic E-state index is 12.8. The molecular weight excluding hydrogens is 468 g/mol. The summed E-state index contributed by atoms with van der Waals surface area (Å²) < 4.78 is 11.5. The van der Waals surface area contributed by atoms with Crippen molar-refractivity contribution in [2.45, 2.75) is 58.4 Å². The molecular formula is C28H32N6O3. The van der Waals surface area contributed by atoms with Crippen molar-refractivity contribution in [2.75, 3.05) is 13.1 Å². The lowest BCUT2D eigenvalue weighted by molar-refractivity contribution is 0.0936.